The number of nitrogens with two attached hydrogens (primary N) is 6. The maximum atomic E-state index is 14.9. The number of carbonyl (C=O) groups is 17. The molecule has 28 N–H and O–H groups in total. The van der Waals surface area contributed by atoms with Crippen LogP contribution in [0.2, 0.25) is 0 Å². The maximum Gasteiger partial charge on any atom is 0.326 e. The summed E-state index contributed by atoms with van der Waals surface area (Å²) in [6.07, 6.45) is 0.280. The number of nitrogens with one attached hydrogen (secondary N) is 13. The molecule has 2 aromatic carbocycles. The van der Waals surface area contributed by atoms with Crippen LogP contribution in [-0.4, -0.2) is 220 Å². The molecule has 39 heteroatoms. The topological polar surface area (TPSA) is 667 Å². The van der Waals surface area contributed by atoms with E-state index in [1.165, 1.54) is 20.8 Å². The molecular weight excluding hydrogens is 1500 g/mol. The van der Waals surface area contributed by atoms with Gasteiger partial charge in [0.05, 0.1) is 19.0 Å². The monoisotopic (exact) mass is 1620 g/mol. The van der Waals surface area contributed by atoms with Crippen LogP contribution in [0.1, 0.15) is 168 Å². The van der Waals surface area contributed by atoms with Crippen LogP contribution in [0.4, 0.5) is 0 Å². The fourth-order valence-corrected chi connectivity index (χ4v) is 12.1. The van der Waals surface area contributed by atoms with Gasteiger partial charge < -0.3 is 119 Å². The molecule has 0 aliphatic heterocycles. The highest BCUT2D eigenvalue weighted by molar-refractivity contribution is 6.01. The van der Waals surface area contributed by atoms with Gasteiger partial charge in [-0.1, -0.05) is 109 Å². The number of benzene rings is 2. The van der Waals surface area contributed by atoms with E-state index >= 15 is 0 Å². The summed E-state index contributed by atoms with van der Waals surface area (Å²) in [6, 6.07) is -3.07. The third kappa shape index (κ3) is 35.4. The second-order valence-electron chi connectivity index (χ2n) is 28.8. The van der Waals surface area contributed by atoms with Crippen molar-refractivity contribution < 1.29 is 96.8 Å². The van der Waals surface area contributed by atoms with Gasteiger partial charge in [0.25, 0.3) is 0 Å². The molecule has 638 valence electrons. The molecule has 1 aromatic heterocycles. The number of aromatic nitrogens is 1. The van der Waals surface area contributed by atoms with Gasteiger partial charge in [0.1, 0.15) is 66.5 Å². The van der Waals surface area contributed by atoms with Crippen molar-refractivity contribution in [1.29, 1.82) is 0 Å². The van der Waals surface area contributed by atoms with Crippen LogP contribution in [0.15, 0.2) is 60.8 Å². The Bertz CT molecular complexity index is 3770. The van der Waals surface area contributed by atoms with E-state index in [0.717, 1.165) is 10.9 Å². The van der Waals surface area contributed by atoms with Gasteiger partial charge >= 0.3 is 17.9 Å². The van der Waals surface area contributed by atoms with Crippen LogP contribution in [0, 0.1) is 17.8 Å². The fraction of sp³-hybridized carbons (Fsp3) is 0.592. The molecule has 0 aliphatic carbocycles. The van der Waals surface area contributed by atoms with Crippen molar-refractivity contribution >= 4 is 112 Å². The lowest BCUT2D eigenvalue weighted by Gasteiger charge is -2.31. The van der Waals surface area contributed by atoms with Crippen molar-refractivity contribution in [2.24, 2.45) is 52.2 Å². The van der Waals surface area contributed by atoms with Crippen LogP contribution in [0.5, 0.6) is 0 Å². The molecule has 14 atom stereocenters. The van der Waals surface area contributed by atoms with Crippen molar-refractivity contribution in [3.05, 3.63) is 71.9 Å². The molecule has 0 radical (unpaired) electrons. The number of carboxylic acid groups (broad SMARTS) is 3. The Kier molecular flexibility index (Phi) is 43.9. The van der Waals surface area contributed by atoms with Gasteiger partial charge in [-0.3, -0.25) is 76.7 Å². The van der Waals surface area contributed by atoms with Crippen LogP contribution >= 0.6 is 0 Å². The first-order valence-electron chi connectivity index (χ1n) is 38.8. The summed E-state index contributed by atoms with van der Waals surface area (Å²) in [5.41, 5.74) is 36.3. The zero-order valence-corrected chi connectivity index (χ0v) is 66.2. The van der Waals surface area contributed by atoms with Gasteiger partial charge in [-0.15, -0.1) is 0 Å². The molecule has 0 aliphatic rings. The van der Waals surface area contributed by atoms with E-state index in [0.29, 0.717) is 56.3 Å². The summed E-state index contributed by atoms with van der Waals surface area (Å²) in [6.45, 7) is 9.58. The summed E-state index contributed by atoms with van der Waals surface area (Å²) in [4.78, 5) is 234. The van der Waals surface area contributed by atoms with Crippen molar-refractivity contribution in [1.82, 2.24) is 68.8 Å². The van der Waals surface area contributed by atoms with E-state index in [1.807, 2.05) is 12.1 Å². The van der Waals surface area contributed by atoms with Crippen molar-refractivity contribution in [3.8, 4) is 0 Å². The van der Waals surface area contributed by atoms with Gasteiger partial charge in [-0.05, 0) is 125 Å². The van der Waals surface area contributed by atoms with Gasteiger partial charge in [-0.2, -0.15) is 0 Å². The Labute approximate surface area is 667 Å². The second kappa shape index (κ2) is 51.5. The largest absolute Gasteiger partial charge is 0.481 e. The molecule has 0 spiro atoms. The van der Waals surface area contributed by atoms with E-state index in [9.17, 15) is 91.7 Å². The number of unbranched alkanes of at least 4 members (excludes halogenated alkanes) is 3. The standard InChI is InChI=1S/C76H119N19O20/c1-7-42(5)63(94-72(110)55(37-45-39-83-48-24-13-12-22-46(45)48)91-67(105)49(25-15-18-34-78)86-65(103)47(80)23-14-17-33-77)74(112)89-52(28-31-58(82)97)68(106)87-50(26-16-19-35-79)70(108)93-62(41(3)4)73(111)95-64(43(6)8-2)75(113)92-56(38-61(101)102)71(109)88-51(27-30-57(81)96)69(107)90-54(36-44-20-10-9-11-21-44)66(104)84-40-59(98)85-53(76(114)115)29-32-60(99)100/h9-13,20-22,24,39,41-43,47,49-56,62-64,83H,7-8,14-19,23,25-38,40,77-80H2,1-6H3,(H2,81,96)(H2,82,97)(H,84,104)(H,85,98)(H,86,103)(H,87,106)(H,88,109)(H,89,112)(H,90,107)(H,91,105)(H,92,113)(H,93,108)(H,94,110)(H,95,111)(H,99,100)(H,101,102)(H,114,115)/t42-,43-,47-,49-,50-,51-,52-,53-,54-,55-,56-,62-,63-,64-/m0/s1. The van der Waals surface area contributed by atoms with Crippen molar-refractivity contribution in [3.63, 3.8) is 0 Å². The van der Waals surface area contributed by atoms with Crippen LogP contribution < -0.4 is 98.2 Å². The second-order valence-corrected chi connectivity index (χ2v) is 28.8. The van der Waals surface area contributed by atoms with E-state index < -0.39 is 242 Å². The average molecular weight is 1620 g/mol. The van der Waals surface area contributed by atoms with E-state index in [1.54, 1.807) is 69.4 Å². The molecule has 115 heavy (non-hydrogen) atoms. The normalized spacial score (nSPS) is 14.8. The fourth-order valence-electron chi connectivity index (χ4n) is 12.1. The number of hydrogen-bond acceptors (Lipinski definition) is 21. The Morgan fingerprint density at radius 3 is 1.28 bits per heavy atom. The number of carboxylic acids is 3. The quantitative estimate of drug-likeness (QED) is 0.0248. The number of carbonyl (C=O) groups excluding carboxylic acids is 14. The minimum absolute atomic E-state index is 0.122. The molecule has 39 nitrogen and oxygen atoms in total. The minimum atomic E-state index is -2.03. The molecule has 3 rings (SSSR count). The highest BCUT2D eigenvalue weighted by Crippen LogP contribution is 2.21. The van der Waals surface area contributed by atoms with Crippen LogP contribution in [0.3, 0.4) is 0 Å². The molecule has 14 amide bonds. The van der Waals surface area contributed by atoms with Gasteiger partial charge in [0.15, 0.2) is 0 Å². The molecule has 1 heterocycles. The number of aromatic amines is 1. The third-order valence-corrected chi connectivity index (χ3v) is 19.3. The zero-order chi connectivity index (χ0) is 86.0. The number of amides is 14. The number of para-hydroxylation sites is 1. The Balaban J connectivity index is 1.97. The number of fused-ring (bicyclic) bond motifs is 1. The molecule has 3 aromatic rings. The number of hydrogen-bond donors (Lipinski definition) is 22. The zero-order valence-electron chi connectivity index (χ0n) is 66.2. The first-order valence-corrected chi connectivity index (χ1v) is 38.8. The maximum absolute atomic E-state index is 14.9. The van der Waals surface area contributed by atoms with Crippen LogP contribution in [0.25, 0.3) is 10.9 Å². The number of primary amides is 2. The summed E-state index contributed by atoms with van der Waals surface area (Å²) in [5, 5.41) is 59.6. The van der Waals surface area contributed by atoms with Gasteiger partial charge in [0.2, 0.25) is 82.7 Å². The number of H-pyrrole nitrogens is 1. The summed E-state index contributed by atoms with van der Waals surface area (Å²) in [5.74, 6) is -20.4. The molecule has 0 fully saturated rings. The first kappa shape index (κ1) is 98.0. The lowest BCUT2D eigenvalue weighted by molar-refractivity contribution is -0.143. The predicted octanol–water partition coefficient (Wildman–Crippen LogP) is -3.18. The Morgan fingerprint density at radius 2 is 0.800 bits per heavy atom. The van der Waals surface area contributed by atoms with E-state index in [4.69, 9.17) is 39.5 Å². The minimum Gasteiger partial charge on any atom is -0.481 e. The van der Waals surface area contributed by atoms with Crippen molar-refractivity contribution in [2.45, 2.75) is 242 Å². The molecular formula is C76H119N19O20. The SMILES string of the molecule is CC[C@H](C)[C@H](NC(=O)[C@H](Cc1c[nH]c2ccccc12)NC(=O)[C@H](CCCCN)NC(=O)[C@@H](N)CCCCN)C(=O)N[C@@H](CCC(N)=O)C(=O)N[C@@H](CCCCN)C(=O)N[C@H](C(=O)N[C@H](C(=O)N[C@@H](CC(=O)O)C(=O)N[C@@H](CCC(N)=O)C(=O)N[C@@H](Cc1ccccc1)C(=O)NCC(=O)N[C@@H](CCC(=O)O)C(=O)O)[C@@H](C)CC)C(C)C. The van der Waals surface area contributed by atoms with Gasteiger partial charge in [0, 0.05) is 49.2 Å². The Hall–Kier alpha value is -11.2. The lowest BCUT2D eigenvalue weighted by Crippen LogP contribution is -2.62. The molecule has 0 unspecified atom stereocenters. The van der Waals surface area contributed by atoms with E-state index in [2.05, 4.69) is 68.8 Å². The predicted molar refractivity (Wildman–Crippen MR) is 420 cm³/mol. The third-order valence-electron chi connectivity index (χ3n) is 19.3. The first-order chi connectivity index (χ1) is 54.5. The number of rotatable bonds is 57. The molecule has 0 saturated heterocycles. The summed E-state index contributed by atoms with van der Waals surface area (Å²) >= 11 is 0. The molecule has 0 bridgehead atoms. The number of aliphatic carboxylic acids is 3. The summed E-state index contributed by atoms with van der Waals surface area (Å²) in [7, 11) is 0. The average Bonchev–Trinajstić information content (AvgIpc) is 1.75. The Morgan fingerprint density at radius 1 is 0.400 bits per heavy atom. The molecule has 0 saturated carbocycles. The highest BCUT2D eigenvalue weighted by Gasteiger charge is 2.40. The lowest BCUT2D eigenvalue weighted by atomic mass is 9.95. The van der Waals surface area contributed by atoms with Crippen LogP contribution in [-0.2, 0) is 94.3 Å². The smallest absolute Gasteiger partial charge is 0.326 e. The summed E-state index contributed by atoms with van der Waals surface area (Å²) < 4.78 is 0. The van der Waals surface area contributed by atoms with Crippen molar-refractivity contribution in [2.75, 3.05) is 26.2 Å². The van der Waals surface area contributed by atoms with E-state index in [-0.39, 0.29) is 57.9 Å². The van der Waals surface area contributed by atoms with Gasteiger partial charge in [-0.25, -0.2) is 4.79 Å². The highest BCUT2D eigenvalue weighted by atomic mass is 16.4.